The summed E-state index contributed by atoms with van der Waals surface area (Å²) >= 11 is 0. The first-order valence-corrected chi connectivity index (χ1v) is 8.56. The number of carbonyl (C=O) groups is 1. The highest BCUT2D eigenvalue weighted by molar-refractivity contribution is 7.88. The molecule has 1 aromatic rings. The molecule has 0 heterocycles. The number of carbonyl (C=O) groups excluding carboxylic acids is 1. The van der Waals surface area contributed by atoms with Crippen LogP contribution < -0.4 is 10.1 Å². The number of para-hydroxylation sites is 1. The molecular formula is C14H22N2O5S. The third-order valence-corrected chi connectivity index (χ3v) is 4.25. The first kappa shape index (κ1) is 18.4. The van der Waals surface area contributed by atoms with E-state index < -0.39 is 10.0 Å². The van der Waals surface area contributed by atoms with Crippen molar-refractivity contribution >= 4 is 15.9 Å². The van der Waals surface area contributed by atoms with Crippen LogP contribution in [0.15, 0.2) is 24.3 Å². The Bertz CT molecular complexity index is 589. The Morgan fingerprint density at radius 2 is 1.95 bits per heavy atom. The second kappa shape index (κ2) is 8.72. The summed E-state index contributed by atoms with van der Waals surface area (Å²) in [5.74, 6) is 0.287. The number of benzene rings is 1. The van der Waals surface area contributed by atoms with Crippen molar-refractivity contribution in [1.29, 1.82) is 0 Å². The molecule has 1 N–H and O–H groups in total. The Balaban J connectivity index is 2.60. The highest BCUT2D eigenvalue weighted by Gasteiger charge is 2.19. The molecule has 0 bridgehead atoms. The molecule has 0 saturated carbocycles. The van der Waals surface area contributed by atoms with Crippen LogP contribution in [0.3, 0.4) is 0 Å². The average molecular weight is 330 g/mol. The summed E-state index contributed by atoms with van der Waals surface area (Å²) in [5.41, 5.74) is 0.821. The second-order valence-electron chi connectivity index (χ2n) is 4.68. The van der Waals surface area contributed by atoms with Crippen molar-refractivity contribution in [3.8, 4) is 5.75 Å². The van der Waals surface area contributed by atoms with Gasteiger partial charge in [-0.2, -0.15) is 4.31 Å². The third-order valence-electron chi connectivity index (χ3n) is 3.00. The van der Waals surface area contributed by atoms with E-state index in [9.17, 15) is 13.2 Å². The number of nitrogens with one attached hydrogen (secondary N) is 1. The van der Waals surface area contributed by atoms with Crippen LogP contribution in [0.1, 0.15) is 5.56 Å². The third kappa shape index (κ3) is 6.00. The van der Waals surface area contributed by atoms with Gasteiger partial charge in [0.25, 0.3) is 0 Å². The molecule has 1 amide bonds. The number of methoxy groups -OCH3 is 2. The highest BCUT2D eigenvalue weighted by Crippen LogP contribution is 2.16. The standard InChI is InChI=1S/C14H22N2O5S/c1-20-9-8-16(22(3,18)19)11-14(17)15-10-12-6-4-5-7-13(12)21-2/h4-7H,8-11H2,1-3H3,(H,15,17). The van der Waals surface area contributed by atoms with Crippen molar-refractivity contribution in [1.82, 2.24) is 9.62 Å². The number of hydrogen-bond donors (Lipinski definition) is 1. The largest absolute Gasteiger partial charge is 0.496 e. The van der Waals surface area contributed by atoms with Crippen LogP contribution in [-0.4, -0.2) is 58.8 Å². The highest BCUT2D eigenvalue weighted by atomic mass is 32.2. The van der Waals surface area contributed by atoms with E-state index in [0.29, 0.717) is 5.75 Å². The van der Waals surface area contributed by atoms with E-state index in [0.717, 1.165) is 16.1 Å². The number of rotatable bonds is 9. The summed E-state index contributed by atoms with van der Waals surface area (Å²) in [6.45, 7) is 0.395. The minimum atomic E-state index is -3.46. The molecule has 0 aliphatic carbocycles. The lowest BCUT2D eigenvalue weighted by molar-refractivity contribution is -0.121. The van der Waals surface area contributed by atoms with Crippen LogP contribution in [0.4, 0.5) is 0 Å². The lowest BCUT2D eigenvalue weighted by Gasteiger charge is -2.19. The van der Waals surface area contributed by atoms with Gasteiger partial charge in [0.1, 0.15) is 5.75 Å². The summed E-state index contributed by atoms with van der Waals surface area (Å²) in [6, 6.07) is 7.30. The molecule has 1 rings (SSSR count). The molecule has 22 heavy (non-hydrogen) atoms. The van der Waals surface area contributed by atoms with Crippen molar-refractivity contribution in [2.45, 2.75) is 6.54 Å². The smallest absolute Gasteiger partial charge is 0.235 e. The zero-order valence-electron chi connectivity index (χ0n) is 13.0. The van der Waals surface area contributed by atoms with Gasteiger partial charge >= 0.3 is 0 Å². The maximum absolute atomic E-state index is 11.9. The number of ether oxygens (including phenoxy) is 2. The molecule has 0 aliphatic heterocycles. The second-order valence-corrected chi connectivity index (χ2v) is 6.66. The monoisotopic (exact) mass is 330 g/mol. The minimum absolute atomic E-state index is 0.136. The molecule has 124 valence electrons. The molecule has 0 fully saturated rings. The Morgan fingerprint density at radius 1 is 1.27 bits per heavy atom. The van der Waals surface area contributed by atoms with Gasteiger partial charge in [0.15, 0.2) is 0 Å². The molecule has 8 heteroatoms. The average Bonchev–Trinajstić information content (AvgIpc) is 2.48. The van der Waals surface area contributed by atoms with Crippen LogP contribution >= 0.6 is 0 Å². The van der Waals surface area contributed by atoms with E-state index >= 15 is 0 Å². The molecule has 0 atom stereocenters. The van der Waals surface area contributed by atoms with Crippen molar-refractivity contribution in [3.05, 3.63) is 29.8 Å². The number of sulfonamides is 1. The fourth-order valence-corrected chi connectivity index (χ4v) is 2.57. The molecule has 0 aromatic heterocycles. The molecule has 1 aromatic carbocycles. The fraction of sp³-hybridized carbons (Fsp3) is 0.500. The number of amides is 1. The van der Waals surface area contributed by atoms with Crippen molar-refractivity contribution in [2.24, 2.45) is 0 Å². The first-order chi connectivity index (χ1) is 10.4. The summed E-state index contributed by atoms with van der Waals surface area (Å²) in [6.07, 6.45) is 1.07. The quantitative estimate of drug-likeness (QED) is 0.700. The lowest BCUT2D eigenvalue weighted by atomic mass is 10.2. The van der Waals surface area contributed by atoms with E-state index in [4.69, 9.17) is 9.47 Å². The molecule has 0 spiro atoms. The maximum Gasteiger partial charge on any atom is 0.235 e. The topological polar surface area (TPSA) is 84.9 Å². The first-order valence-electron chi connectivity index (χ1n) is 6.71. The molecule has 0 unspecified atom stereocenters. The summed E-state index contributed by atoms with van der Waals surface area (Å²) in [7, 11) is -0.433. The predicted octanol–water partition coefficient (Wildman–Crippen LogP) is 0.219. The van der Waals surface area contributed by atoms with Crippen molar-refractivity contribution < 1.29 is 22.7 Å². The van der Waals surface area contributed by atoms with Gasteiger partial charge in [0, 0.05) is 25.8 Å². The normalized spacial score (nSPS) is 11.5. The Kier molecular flexibility index (Phi) is 7.30. The summed E-state index contributed by atoms with van der Waals surface area (Å²) < 4.78 is 34.4. The number of hydrogen-bond acceptors (Lipinski definition) is 5. The van der Waals surface area contributed by atoms with Gasteiger partial charge in [-0.25, -0.2) is 8.42 Å². The molecule has 7 nitrogen and oxygen atoms in total. The van der Waals surface area contributed by atoms with Crippen molar-refractivity contribution in [2.75, 3.05) is 40.2 Å². The summed E-state index contributed by atoms with van der Waals surface area (Å²) in [5, 5.41) is 2.69. The van der Waals surface area contributed by atoms with E-state index in [1.54, 1.807) is 13.2 Å². The van der Waals surface area contributed by atoms with E-state index in [-0.39, 0.29) is 32.1 Å². The van der Waals surface area contributed by atoms with E-state index in [2.05, 4.69) is 5.32 Å². The predicted molar refractivity (Wildman–Crippen MR) is 83.1 cm³/mol. The SMILES string of the molecule is COCCN(CC(=O)NCc1ccccc1OC)S(C)(=O)=O. The van der Waals surface area contributed by atoms with Gasteiger partial charge in [-0.1, -0.05) is 18.2 Å². The Hall–Kier alpha value is -1.64. The van der Waals surface area contributed by atoms with E-state index in [1.807, 2.05) is 18.2 Å². The van der Waals surface area contributed by atoms with Crippen LogP contribution in [0.2, 0.25) is 0 Å². The Labute approximate surface area is 131 Å². The van der Waals surface area contributed by atoms with Gasteiger partial charge < -0.3 is 14.8 Å². The van der Waals surface area contributed by atoms with Crippen molar-refractivity contribution in [3.63, 3.8) is 0 Å². The van der Waals surface area contributed by atoms with Crippen LogP contribution in [0, 0.1) is 0 Å². The molecular weight excluding hydrogens is 308 g/mol. The Morgan fingerprint density at radius 3 is 2.55 bits per heavy atom. The maximum atomic E-state index is 11.9. The lowest BCUT2D eigenvalue weighted by Crippen LogP contribution is -2.41. The van der Waals surface area contributed by atoms with Gasteiger partial charge in [0.2, 0.25) is 15.9 Å². The summed E-state index contributed by atoms with van der Waals surface area (Å²) in [4.78, 5) is 11.9. The fourth-order valence-electron chi connectivity index (χ4n) is 1.81. The van der Waals surface area contributed by atoms with Crippen LogP contribution in [0.25, 0.3) is 0 Å². The van der Waals surface area contributed by atoms with Gasteiger partial charge in [-0.05, 0) is 6.07 Å². The van der Waals surface area contributed by atoms with Gasteiger partial charge in [0.05, 0.1) is 26.5 Å². The zero-order chi connectivity index (χ0) is 16.6. The van der Waals surface area contributed by atoms with Crippen LogP contribution in [-0.2, 0) is 26.1 Å². The van der Waals surface area contributed by atoms with Gasteiger partial charge in [-0.15, -0.1) is 0 Å². The molecule has 0 saturated heterocycles. The van der Waals surface area contributed by atoms with E-state index in [1.165, 1.54) is 7.11 Å². The molecule has 0 aliphatic rings. The van der Waals surface area contributed by atoms with Gasteiger partial charge in [-0.3, -0.25) is 4.79 Å². The zero-order valence-corrected chi connectivity index (χ0v) is 13.9. The number of nitrogens with zero attached hydrogens (tertiary/aromatic N) is 1. The van der Waals surface area contributed by atoms with Crippen LogP contribution in [0.5, 0.6) is 5.75 Å². The molecule has 0 radical (unpaired) electrons. The minimum Gasteiger partial charge on any atom is -0.496 e.